The Balaban J connectivity index is 1.35. The molecule has 0 aromatic heterocycles. The molecule has 2 nitrogen and oxygen atoms in total. The fourth-order valence-electron chi connectivity index (χ4n) is 7.70. The van der Waals surface area contributed by atoms with Crippen LogP contribution in [0.1, 0.15) is 70.7 Å². The molecule has 6 aromatic rings. The lowest BCUT2D eigenvalue weighted by atomic mass is 9.86. The molecule has 1 aliphatic carbocycles. The van der Waals surface area contributed by atoms with E-state index in [2.05, 4.69) is 212 Å². The minimum Gasteiger partial charge on any atom is -0.334 e. The molecule has 0 amide bonds. The quantitative estimate of drug-likeness (QED) is 0.163. The summed E-state index contributed by atoms with van der Waals surface area (Å²) in [6, 6.07) is 43.3. The van der Waals surface area contributed by atoms with E-state index in [-0.39, 0.29) is 16.9 Å². The van der Waals surface area contributed by atoms with Crippen LogP contribution in [0.3, 0.4) is 0 Å². The largest absolute Gasteiger partial charge is 0.334 e. The van der Waals surface area contributed by atoms with Crippen molar-refractivity contribution in [3.05, 3.63) is 162 Å². The summed E-state index contributed by atoms with van der Waals surface area (Å²) >= 11 is 0. The standard InChI is InChI=1S/C49H52N2/c1-33-15-13-14-18-47(33)51(40-25-21-37(22-26-40)49(7,8)9)42-28-30-44-34(2)45-31-41(27-29-43(45)35(3)46(44)32-42)50(38-16-11-10-12-17-38)39-23-19-36(20-24-39)48(4,5)6/h10-33,47H,1-9H3. The van der Waals surface area contributed by atoms with Gasteiger partial charge in [-0.25, -0.2) is 0 Å². The van der Waals surface area contributed by atoms with Crippen molar-refractivity contribution in [2.45, 2.75) is 79.2 Å². The van der Waals surface area contributed by atoms with Crippen LogP contribution < -0.4 is 9.80 Å². The highest BCUT2D eigenvalue weighted by Crippen LogP contribution is 2.42. The summed E-state index contributed by atoms with van der Waals surface area (Å²) in [5.74, 6) is 0.378. The van der Waals surface area contributed by atoms with Gasteiger partial charge in [0.25, 0.3) is 0 Å². The van der Waals surface area contributed by atoms with Crippen molar-refractivity contribution in [3.8, 4) is 0 Å². The van der Waals surface area contributed by atoms with E-state index in [1.807, 2.05) is 0 Å². The number of nitrogens with zero attached hydrogens (tertiary/aromatic N) is 2. The zero-order valence-corrected chi connectivity index (χ0v) is 31.8. The number of para-hydroxylation sites is 1. The lowest BCUT2D eigenvalue weighted by molar-refractivity contribution is 0.589. The van der Waals surface area contributed by atoms with Gasteiger partial charge in [-0.15, -0.1) is 0 Å². The van der Waals surface area contributed by atoms with Gasteiger partial charge in [-0.3, -0.25) is 0 Å². The summed E-state index contributed by atoms with van der Waals surface area (Å²) in [5.41, 5.74) is 11.4. The molecule has 1 aliphatic rings. The number of hydrogen-bond donors (Lipinski definition) is 0. The highest BCUT2D eigenvalue weighted by atomic mass is 15.2. The van der Waals surface area contributed by atoms with Gasteiger partial charge in [0.05, 0.1) is 6.04 Å². The zero-order valence-electron chi connectivity index (χ0n) is 31.8. The normalized spacial score (nSPS) is 16.2. The van der Waals surface area contributed by atoms with Crippen LogP contribution in [0, 0.1) is 19.8 Å². The van der Waals surface area contributed by atoms with Crippen LogP contribution in [0.4, 0.5) is 28.4 Å². The van der Waals surface area contributed by atoms with Gasteiger partial charge in [-0.1, -0.05) is 127 Å². The smallest absolute Gasteiger partial charge is 0.0585 e. The van der Waals surface area contributed by atoms with Crippen LogP contribution in [0.15, 0.2) is 140 Å². The number of fused-ring (bicyclic) bond motifs is 2. The topological polar surface area (TPSA) is 6.48 Å². The molecule has 51 heavy (non-hydrogen) atoms. The Morgan fingerprint density at radius 3 is 1.43 bits per heavy atom. The third kappa shape index (κ3) is 6.61. The molecule has 2 unspecified atom stereocenters. The van der Waals surface area contributed by atoms with E-state index in [4.69, 9.17) is 0 Å². The second-order valence-electron chi connectivity index (χ2n) is 16.5. The Morgan fingerprint density at radius 2 is 0.902 bits per heavy atom. The summed E-state index contributed by atoms with van der Waals surface area (Å²) < 4.78 is 0. The van der Waals surface area contributed by atoms with Gasteiger partial charge in [0.15, 0.2) is 0 Å². The molecule has 7 rings (SSSR count). The van der Waals surface area contributed by atoms with Crippen LogP contribution in [0.25, 0.3) is 21.5 Å². The van der Waals surface area contributed by atoms with Crippen molar-refractivity contribution < 1.29 is 0 Å². The second-order valence-corrected chi connectivity index (χ2v) is 16.5. The van der Waals surface area contributed by atoms with Crippen LogP contribution in [-0.4, -0.2) is 6.04 Å². The zero-order chi connectivity index (χ0) is 36.1. The maximum atomic E-state index is 2.53. The van der Waals surface area contributed by atoms with Gasteiger partial charge >= 0.3 is 0 Å². The molecule has 0 radical (unpaired) electrons. The van der Waals surface area contributed by atoms with Crippen molar-refractivity contribution in [1.29, 1.82) is 0 Å². The van der Waals surface area contributed by atoms with E-state index < -0.39 is 0 Å². The Kier molecular flexibility index (Phi) is 8.92. The highest BCUT2D eigenvalue weighted by molar-refractivity contribution is 6.07. The van der Waals surface area contributed by atoms with Crippen molar-refractivity contribution in [3.63, 3.8) is 0 Å². The summed E-state index contributed by atoms with van der Waals surface area (Å²) in [6.07, 6.45) is 9.04. The fraction of sp³-hybridized carbons (Fsp3) is 0.265. The number of anilines is 5. The Labute approximate surface area is 305 Å². The number of aryl methyl sites for hydroxylation is 2. The van der Waals surface area contributed by atoms with Crippen LogP contribution in [-0.2, 0) is 10.8 Å². The van der Waals surface area contributed by atoms with Gasteiger partial charge in [0.1, 0.15) is 0 Å². The summed E-state index contributed by atoms with van der Waals surface area (Å²) in [6.45, 7) is 20.5. The molecule has 0 saturated heterocycles. The van der Waals surface area contributed by atoms with Crippen molar-refractivity contribution in [2.75, 3.05) is 9.80 Å². The first-order valence-electron chi connectivity index (χ1n) is 18.5. The average molecular weight is 669 g/mol. The minimum absolute atomic E-state index is 0.102. The lowest BCUT2D eigenvalue weighted by Gasteiger charge is -2.36. The average Bonchev–Trinajstić information content (AvgIpc) is 3.12. The number of hydrogen-bond acceptors (Lipinski definition) is 2. The molecule has 0 aliphatic heterocycles. The monoisotopic (exact) mass is 668 g/mol. The Bertz CT molecular complexity index is 2240. The molecule has 0 N–H and O–H groups in total. The predicted molar refractivity (Wildman–Crippen MR) is 223 cm³/mol. The molecule has 0 saturated carbocycles. The van der Waals surface area contributed by atoms with Gasteiger partial charge in [-0.2, -0.15) is 0 Å². The van der Waals surface area contributed by atoms with Gasteiger partial charge in [0.2, 0.25) is 0 Å². The molecule has 6 aromatic carbocycles. The first-order chi connectivity index (χ1) is 24.3. The van der Waals surface area contributed by atoms with Crippen LogP contribution >= 0.6 is 0 Å². The minimum atomic E-state index is 0.102. The SMILES string of the molecule is Cc1c2ccc(N(c3ccc(C(C)(C)C)cc3)C3C=CC=CC3C)cc2c(C)c2ccc(N(c3ccccc3)c3ccc(C(C)(C)C)cc3)cc12. The van der Waals surface area contributed by atoms with E-state index in [9.17, 15) is 0 Å². The van der Waals surface area contributed by atoms with Crippen molar-refractivity contribution in [1.82, 2.24) is 0 Å². The summed E-state index contributed by atoms with van der Waals surface area (Å²) in [7, 11) is 0. The first-order valence-corrected chi connectivity index (χ1v) is 18.5. The number of allylic oxidation sites excluding steroid dienone is 2. The summed E-state index contributed by atoms with van der Waals surface area (Å²) in [4.78, 5) is 4.91. The lowest BCUT2D eigenvalue weighted by Crippen LogP contribution is -2.35. The van der Waals surface area contributed by atoms with E-state index in [1.165, 1.54) is 55.2 Å². The maximum absolute atomic E-state index is 2.53. The number of rotatable bonds is 6. The molecule has 2 atom stereocenters. The van der Waals surface area contributed by atoms with Crippen LogP contribution in [0.2, 0.25) is 0 Å². The fourth-order valence-corrected chi connectivity index (χ4v) is 7.70. The van der Waals surface area contributed by atoms with Gasteiger partial charge < -0.3 is 9.80 Å². The molecule has 258 valence electrons. The number of benzene rings is 6. The third-order valence-corrected chi connectivity index (χ3v) is 10.8. The van der Waals surface area contributed by atoms with Gasteiger partial charge in [-0.05, 0) is 135 Å². The van der Waals surface area contributed by atoms with Crippen LogP contribution in [0.5, 0.6) is 0 Å². The molecule has 0 bridgehead atoms. The van der Waals surface area contributed by atoms with E-state index in [0.717, 1.165) is 17.1 Å². The third-order valence-electron chi connectivity index (χ3n) is 10.8. The van der Waals surface area contributed by atoms with Crippen molar-refractivity contribution >= 4 is 50.0 Å². The molecular formula is C49H52N2. The van der Waals surface area contributed by atoms with E-state index >= 15 is 0 Å². The van der Waals surface area contributed by atoms with Crippen molar-refractivity contribution in [2.24, 2.45) is 5.92 Å². The second kappa shape index (κ2) is 13.2. The molecular weight excluding hydrogens is 617 g/mol. The Hall–Kier alpha value is -5.08. The van der Waals surface area contributed by atoms with E-state index in [0.29, 0.717) is 5.92 Å². The molecule has 0 fully saturated rings. The Morgan fingerprint density at radius 1 is 0.451 bits per heavy atom. The first kappa shape index (κ1) is 34.4. The van der Waals surface area contributed by atoms with Gasteiger partial charge in [0, 0.05) is 28.4 Å². The summed E-state index contributed by atoms with van der Waals surface area (Å²) in [5, 5.41) is 5.20. The molecule has 0 spiro atoms. The predicted octanol–water partition coefficient (Wildman–Crippen LogP) is 13.9. The van der Waals surface area contributed by atoms with E-state index in [1.54, 1.807) is 0 Å². The maximum Gasteiger partial charge on any atom is 0.0585 e. The highest BCUT2D eigenvalue weighted by Gasteiger charge is 2.26. The molecule has 2 heteroatoms. The molecule has 0 heterocycles.